The van der Waals surface area contributed by atoms with Crippen molar-refractivity contribution in [3.8, 4) is 0 Å². The van der Waals surface area contributed by atoms with Crippen LogP contribution in [-0.4, -0.2) is 16.9 Å². The fourth-order valence-corrected chi connectivity index (χ4v) is 2.33. The summed E-state index contributed by atoms with van der Waals surface area (Å²) in [4.78, 5) is 22.3. The Labute approximate surface area is 105 Å². The van der Waals surface area contributed by atoms with Crippen molar-refractivity contribution < 1.29 is 9.72 Å². The fraction of sp³-hybridized carbons (Fsp3) is 0.462. The number of hydrogen-bond donors (Lipinski definition) is 1. The standard InChI is InChI=1S/C13H16N2O3/c16-13(14-10-6-2-1-3-7-10)11-8-4-5-9-12(11)15(17)18/h4-5,8-10H,1-3,6-7H2,(H,14,16). The first-order valence-corrected chi connectivity index (χ1v) is 6.23. The molecule has 2 rings (SSSR count). The van der Waals surface area contributed by atoms with Gasteiger partial charge in [0.1, 0.15) is 5.56 Å². The summed E-state index contributed by atoms with van der Waals surface area (Å²) in [7, 11) is 0. The van der Waals surface area contributed by atoms with Gasteiger partial charge in [0, 0.05) is 12.1 Å². The molecule has 0 spiro atoms. The number of hydrogen-bond acceptors (Lipinski definition) is 3. The van der Waals surface area contributed by atoms with Gasteiger partial charge in [0.25, 0.3) is 11.6 Å². The number of nitrogens with one attached hydrogen (secondary N) is 1. The van der Waals surface area contributed by atoms with E-state index in [-0.39, 0.29) is 23.2 Å². The van der Waals surface area contributed by atoms with E-state index < -0.39 is 4.92 Å². The molecule has 0 atom stereocenters. The van der Waals surface area contributed by atoms with Crippen LogP contribution in [-0.2, 0) is 0 Å². The number of benzene rings is 1. The van der Waals surface area contributed by atoms with Gasteiger partial charge >= 0.3 is 0 Å². The van der Waals surface area contributed by atoms with Crippen LogP contribution in [0.1, 0.15) is 42.5 Å². The number of amides is 1. The van der Waals surface area contributed by atoms with E-state index in [1.165, 1.54) is 18.6 Å². The number of carbonyl (C=O) groups is 1. The molecule has 1 aromatic carbocycles. The van der Waals surface area contributed by atoms with Gasteiger partial charge in [0.15, 0.2) is 0 Å². The van der Waals surface area contributed by atoms with Gasteiger partial charge in [-0.15, -0.1) is 0 Å². The SMILES string of the molecule is O=C(NC1CCCCC1)c1ccccc1[N+](=O)[O-]. The second-order valence-electron chi connectivity index (χ2n) is 4.58. The molecule has 0 radical (unpaired) electrons. The highest BCUT2D eigenvalue weighted by Gasteiger charge is 2.22. The van der Waals surface area contributed by atoms with Crippen LogP contribution >= 0.6 is 0 Å². The lowest BCUT2D eigenvalue weighted by molar-refractivity contribution is -0.385. The third-order valence-corrected chi connectivity index (χ3v) is 3.29. The monoisotopic (exact) mass is 248 g/mol. The maximum Gasteiger partial charge on any atom is 0.282 e. The predicted octanol–water partition coefficient (Wildman–Crippen LogP) is 2.66. The molecule has 1 aromatic rings. The number of nitrogens with zero attached hydrogens (tertiary/aromatic N) is 1. The van der Waals surface area contributed by atoms with Crippen LogP contribution in [0, 0.1) is 10.1 Å². The van der Waals surface area contributed by atoms with Crippen LogP contribution < -0.4 is 5.32 Å². The Hall–Kier alpha value is -1.91. The zero-order valence-electron chi connectivity index (χ0n) is 10.1. The van der Waals surface area contributed by atoms with Crippen molar-refractivity contribution in [1.29, 1.82) is 0 Å². The van der Waals surface area contributed by atoms with Gasteiger partial charge in [-0.1, -0.05) is 31.4 Å². The van der Waals surface area contributed by atoms with Crippen molar-refractivity contribution in [1.82, 2.24) is 5.32 Å². The van der Waals surface area contributed by atoms with Gasteiger partial charge in [0.05, 0.1) is 4.92 Å². The summed E-state index contributed by atoms with van der Waals surface area (Å²) in [5.74, 6) is -0.339. The molecular formula is C13H16N2O3. The summed E-state index contributed by atoms with van der Waals surface area (Å²) >= 11 is 0. The summed E-state index contributed by atoms with van der Waals surface area (Å²) < 4.78 is 0. The Morgan fingerprint density at radius 2 is 1.89 bits per heavy atom. The van der Waals surface area contributed by atoms with Gasteiger partial charge in [-0.05, 0) is 18.9 Å². The molecular weight excluding hydrogens is 232 g/mol. The van der Waals surface area contributed by atoms with E-state index >= 15 is 0 Å². The Morgan fingerprint density at radius 3 is 2.56 bits per heavy atom. The number of carbonyl (C=O) groups excluding carboxylic acids is 1. The molecule has 1 saturated carbocycles. The molecule has 0 aromatic heterocycles. The Morgan fingerprint density at radius 1 is 1.22 bits per heavy atom. The molecule has 1 N–H and O–H groups in total. The van der Waals surface area contributed by atoms with E-state index in [1.54, 1.807) is 12.1 Å². The van der Waals surface area contributed by atoms with Crippen molar-refractivity contribution in [2.45, 2.75) is 38.1 Å². The molecule has 1 amide bonds. The molecule has 0 unspecified atom stereocenters. The quantitative estimate of drug-likeness (QED) is 0.660. The van der Waals surface area contributed by atoms with E-state index in [2.05, 4.69) is 5.32 Å². The number of rotatable bonds is 3. The first kappa shape index (κ1) is 12.5. The van der Waals surface area contributed by atoms with E-state index in [9.17, 15) is 14.9 Å². The largest absolute Gasteiger partial charge is 0.349 e. The molecule has 96 valence electrons. The minimum atomic E-state index is -0.518. The molecule has 5 nitrogen and oxygen atoms in total. The third-order valence-electron chi connectivity index (χ3n) is 3.29. The summed E-state index contributed by atoms with van der Waals surface area (Å²) in [6, 6.07) is 6.22. The molecule has 0 saturated heterocycles. The smallest absolute Gasteiger partial charge is 0.282 e. The second kappa shape index (κ2) is 5.62. The van der Waals surface area contributed by atoms with Crippen LogP contribution in [0.25, 0.3) is 0 Å². The van der Waals surface area contributed by atoms with Crippen LogP contribution in [0.15, 0.2) is 24.3 Å². The number of para-hydroxylation sites is 1. The minimum absolute atomic E-state index is 0.134. The van der Waals surface area contributed by atoms with Crippen molar-refractivity contribution in [2.75, 3.05) is 0 Å². The summed E-state index contributed by atoms with van der Waals surface area (Å²) in [5.41, 5.74) is 0.0129. The molecule has 1 fully saturated rings. The first-order chi connectivity index (χ1) is 8.68. The van der Waals surface area contributed by atoms with E-state index in [1.807, 2.05) is 0 Å². The van der Waals surface area contributed by atoms with Gasteiger partial charge in [-0.2, -0.15) is 0 Å². The third kappa shape index (κ3) is 2.85. The highest BCUT2D eigenvalue weighted by atomic mass is 16.6. The normalized spacial score (nSPS) is 16.2. The van der Waals surface area contributed by atoms with E-state index in [4.69, 9.17) is 0 Å². The van der Waals surface area contributed by atoms with Crippen LogP contribution in [0.5, 0.6) is 0 Å². The molecule has 1 aliphatic rings. The van der Waals surface area contributed by atoms with Crippen molar-refractivity contribution in [2.24, 2.45) is 0 Å². The van der Waals surface area contributed by atoms with Crippen molar-refractivity contribution in [3.05, 3.63) is 39.9 Å². The summed E-state index contributed by atoms with van der Waals surface area (Å²) in [6.45, 7) is 0. The lowest BCUT2D eigenvalue weighted by Gasteiger charge is -2.22. The average Bonchev–Trinajstić information content (AvgIpc) is 2.40. The number of nitro groups is 1. The maximum atomic E-state index is 12.0. The van der Waals surface area contributed by atoms with Crippen molar-refractivity contribution in [3.63, 3.8) is 0 Å². The zero-order chi connectivity index (χ0) is 13.0. The van der Waals surface area contributed by atoms with Gasteiger partial charge in [-0.3, -0.25) is 14.9 Å². The molecule has 0 aliphatic heterocycles. The maximum absolute atomic E-state index is 12.0. The summed E-state index contributed by atoms with van der Waals surface area (Å²) in [5, 5.41) is 13.7. The molecule has 1 aliphatic carbocycles. The molecule has 0 bridgehead atoms. The minimum Gasteiger partial charge on any atom is -0.349 e. The van der Waals surface area contributed by atoms with Gasteiger partial charge in [0.2, 0.25) is 0 Å². The van der Waals surface area contributed by atoms with Gasteiger partial charge < -0.3 is 5.32 Å². The average molecular weight is 248 g/mol. The predicted molar refractivity (Wildman–Crippen MR) is 67.4 cm³/mol. The van der Waals surface area contributed by atoms with Crippen molar-refractivity contribution >= 4 is 11.6 Å². The molecule has 0 heterocycles. The summed E-state index contributed by atoms with van der Waals surface area (Å²) in [6.07, 6.45) is 5.36. The Bertz CT molecular complexity index is 453. The lowest BCUT2D eigenvalue weighted by atomic mass is 9.95. The zero-order valence-corrected chi connectivity index (χ0v) is 10.1. The fourth-order valence-electron chi connectivity index (χ4n) is 2.33. The molecule has 18 heavy (non-hydrogen) atoms. The molecule has 5 heteroatoms. The first-order valence-electron chi connectivity index (χ1n) is 6.23. The van der Waals surface area contributed by atoms with Crippen LogP contribution in [0.3, 0.4) is 0 Å². The van der Waals surface area contributed by atoms with Gasteiger partial charge in [-0.25, -0.2) is 0 Å². The van der Waals surface area contributed by atoms with E-state index in [0.29, 0.717) is 0 Å². The second-order valence-corrected chi connectivity index (χ2v) is 4.58. The highest BCUT2D eigenvalue weighted by molar-refractivity contribution is 5.98. The lowest BCUT2D eigenvalue weighted by Crippen LogP contribution is -2.36. The van der Waals surface area contributed by atoms with Crippen LogP contribution in [0.4, 0.5) is 5.69 Å². The van der Waals surface area contributed by atoms with Crippen LogP contribution in [0.2, 0.25) is 0 Å². The topological polar surface area (TPSA) is 72.2 Å². The Kier molecular flexibility index (Phi) is 3.92. The highest BCUT2D eigenvalue weighted by Crippen LogP contribution is 2.20. The van der Waals surface area contributed by atoms with E-state index in [0.717, 1.165) is 25.7 Å². The Balaban J connectivity index is 2.10. The number of nitro benzene ring substituents is 1.